The van der Waals surface area contributed by atoms with Crippen molar-refractivity contribution in [1.29, 1.82) is 0 Å². The van der Waals surface area contributed by atoms with Crippen molar-refractivity contribution in [2.45, 2.75) is 57.5 Å². The molecule has 4 atom stereocenters. The molecule has 1 aliphatic carbocycles. The molecular weight excluding hydrogens is 294 g/mol. The Morgan fingerprint density at radius 2 is 2.13 bits per heavy atom. The Labute approximate surface area is 136 Å². The molecule has 0 aromatic carbocycles. The fourth-order valence-corrected chi connectivity index (χ4v) is 3.98. The Morgan fingerprint density at radius 3 is 2.83 bits per heavy atom. The average Bonchev–Trinajstić information content (AvgIpc) is 2.53. The largest absolute Gasteiger partial charge is 0.481 e. The van der Waals surface area contributed by atoms with Crippen LogP contribution in [0.5, 0.6) is 0 Å². The first-order chi connectivity index (χ1) is 11.1. The van der Waals surface area contributed by atoms with Gasteiger partial charge in [-0.25, -0.2) is 0 Å². The van der Waals surface area contributed by atoms with Crippen LogP contribution in [0.1, 0.15) is 45.4 Å². The number of fused-ring (bicyclic) bond motifs is 1. The molecule has 126 valence electrons. The number of aliphatic carboxylic acids is 1. The monoisotopic (exact) mass is 319 g/mol. The summed E-state index contributed by atoms with van der Waals surface area (Å²) in [5.41, 5.74) is 0.623. The summed E-state index contributed by atoms with van der Waals surface area (Å²) in [5.74, 6) is 0.565. The fraction of sp³-hybridized carbons (Fsp3) is 0.765. The summed E-state index contributed by atoms with van der Waals surface area (Å²) in [5, 5.41) is 9.21. The van der Waals surface area contributed by atoms with E-state index in [9.17, 15) is 14.7 Å². The van der Waals surface area contributed by atoms with Crippen molar-refractivity contribution in [3.05, 3.63) is 0 Å². The minimum Gasteiger partial charge on any atom is -0.481 e. The van der Waals surface area contributed by atoms with Crippen LogP contribution in [-0.2, 0) is 9.59 Å². The molecule has 0 aromatic heterocycles. The Bertz CT molecular complexity index is 543. The highest BCUT2D eigenvalue weighted by molar-refractivity contribution is 6.44. The zero-order valence-corrected chi connectivity index (χ0v) is 13.6. The molecule has 2 aliphatic heterocycles. The van der Waals surface area contributed by atoms with Gasteiger partial charge >= 0.3 is 5.97 Å². The average molecular weight is 319 g/mol. The number of carbonyl (C=O) groups excluding carboxylic acids is 1. The van der Waals surface area contributed by atoms with Gasteiger partial charge in [-0.1, -0.05) is 6.92 Å². The number of aldehydes is 1. The van der Waals surface area contributed by atoms with E-state index in [1.807, 2.05) is 0 Å². The van der Waals surface area contributed by atoms with Crippen LogP contribution in [0.25, 0.3) is 0 Å². The van der Waals surface area contributed by atoms with Crippen molar-refractivity contribution in [2.75, 3.05) is 13.1 Å². The van der Waals surface area contributed by atoms with Crippen LogP contribution in [0.2, 0.25) is 0 Å². The van der Waals surface area contributed by atoms with Gasteiger partial charge in [-0.2, -0.15) is 0 Å². The summed E-state index contributed by atoms with van der Waals surface area (Å²) in [7, 11) is 0. The SMILES string of the molecule is CC1CCCN(C2=NC3CC(C=O)CCC3N=C2CC(=O)O)C1. The van der Waals surface area contributed by atoms with E-state index in [1.165, 1.54) is 6.42 Å². The molecule has 0 amide bonds. The highest BCUT2D eigenvalue weighted by Crippen LogP contribution is 2.31. The Morgan fingerprint density at radius 1 is 1.30 bits per heavy atom. The van der Waals surface area contributed by atoms with E-state index >= 15 is 0 Å². The number of hydrogen-bond donors (Lipinski definition) is 1. The second-order valence-corrected chi connectivity index (χ2v) is 7.14. The van der Waals surface area contributed by atoms with Gasteiger partial charge in [0.25, 0.3) is 0 Å². The van der Waals surface area contributed by atoms with Crippen LogP contribution in [0, 0.1) is 11.8 Å². The van der Waals surface area contributed by atoms with Gasteiger partial charge in [0.1, 0.15) is 12.1 Å². The lowest BCUT2D eigenvalue weighted by Crippen LogP contribution is -2.48. The van der Waals surface area contributed by atoms with Crippen molar-refractivity contribution >= 4 is 23.8 Å². The summed E-state index contributed by atoms with van der Waals surface area (Å²) in [6, 6.07) is 0.0789. The maximum Gasteiger partial charge on any atom is 0.309 e. The van der Waals surface area contributed by atoms with E-state index < -0.39 is 5.97 Å². The smallest absolute Gasteiger partial charge is 0.309 e. The van der Waals surface area contributed by atoms with Crippen molar-refractivity contribution < 1.29 is 14.7 Å². The standard InChI is InChI=1S/C17H25N3O3/c1-11-3-2-6-20(9-11)17-15(8-16(22)23)18-13-5-4-12(10-21)7-14(13)19-17/h10-14H,2-9H2,1H3,(H,22,23). The van der Waals surface area contributed by atoms with Crippen molar-refractivity contribution in [2.24, 2.45) is 21.8 Å². The number of aliphatic imine (C=N–C) groups is 2. The number of likely N-dealkylation sites (tertiary alicyclic amines) is 1. The van der Waals surface area contributed by atoms with Crippen LogP contribution in [0.3, 0.4) is 0 Å². The predicted molar refractivity (Wildman–Crippen MR) is 88.1 cm³/mol. The van der Waals surface area contributed by atoms with Gasteiger partial charge in [-0.3, -0.25) is 14.8 Å². The number of rotatable bonds is 3. The molecule has 2 fully saturated rings. The van der Waals surface area contributed by atoms with Crippen molar-refractivity contribution in [1.82, 2.24) is 4.90 Å². The zero-order chi connectivity index (χ0) is 16.4. The molecule has 1 saturated carbocycles. The molecule has 6 heteroatoms. The van der Waals surface area contributed by atoms with Gasteiger partial charge in [-0.05, 0) is 38.0 Å². The quantitative estimate of drug-likeness (QED) is 0.804. The van der Waals surface area contributed by atoms with Gasteiger partial charge in [0.05, 0.1) is 24.2 Å². The minimum absolute atomic E-state index is 0.0312. The molecule has 1 saturated heterocycles. The number of amidine groups is 1. The molecule has 3 aliphatic rings. The molecule has 6 nitrogen and oxygen atoms in total. The van der Waals surface area contributed by atoms with E-state index in [4.69, 9.17) is 9.98 Å². The molecule has 0 spiro atoms. The lowest BCUT2D eigenvalue weighted by Gasteiger charge is -2.39. The highest BCUT2D eigenvalue weighted by Gasteiger charge is 2.36. The summed E-state index contributed by atoms with van der Waals surface area (Å²) >= 11 is 0. The van der Waals surface area contributed by atoms with Crippen LogP contribution in [0.4, 0.5) is 0 Å². The fourth-order valence-electron chi connectivity index (χ4n) is 3.98. The third kappa shape index (κ3) is 3.62. The first kappa shape index (κ1) is 16.1. The normalized spacial score (nSPS) is 34.2. The summed E-state index contributed by atoms with van der Waals surface area (Å²) < 4.78 is 0. The second-order valence-electron chi connectivity index (χ2n) is 7.14. The topological polar surface area (TPSA) is 82.3 Å². The lowest BCUT2D eigenvalue weighted by molar-refractivity contribution is -0.135. The van der Waals surface area contributed by atoms with E-state index in [0.29, 0.717) is 11.6 Å². The first-order valence-corrected chi connectivity index (χ1v) is 8.63. The number of carboxylic acids is 1. The third-order valence-corrected chi connectivity index (χ3v) is 5.16. The van der Waals surface area contributed by atoms with E-state index in [1.54, 1.807) is 0 Å². The van der Waals surface area contributed by atoms with E-state index in [-0.39, 0.29) is 24.4 Å². The second kappa shape index (κ2) is 6.81. The van der Waals surface area contributed by atoms with Gasteiger partial charge in [-0.15, -0.1) is 0 Å². The molecule has 2 heterocycles. The number of hydrogen-bond acceptors (Lipinski definition) is 5. The molecule has 3 rings (SSSR count). The third-order valence-electron chi connectivity index (χ3n) is 5.16. The van der Waals surface area contributed by atoms with Gasteiger partial charge < -0.3 is 14.8 Å². The first-order valence-electron chi connectivity index (χ1n) is 8.63. The summed E-state index contributed by atoms with van der Waals surface area (Å²) in [6.45, 7) is 4.04. The van der Waals surface area contributed by atoms with Crippen molar-refractivity contribution in [3.63, 3.8) is 0 Å². The van der Waals surface area contributed by atoms with Crippen molar-refractivity contribution in [3.8, 4) is 0 Å². The summed E-state index contributed by atoms with van der Waals surface area (Å²) in [6.07, 6.45) is 5.67. The number of piperidine rings is 1. The van der Waals surface area contributed by atoms with E-state index in [0.717, 1.165) is 50.9 Å². The summed E-state index contributed by atoms with van der Waals surface area (Å²) in [4.78, 5) is 34.1. The minimum atomic E-state index is -0.860. The molecule has 0 radical (unpaired) electrons. The van der Waals surface area contributed by atoms with Crippen LogP contribution in [-0.4, -0.2) is 59.0 Å². The predicted octanol–water partition coefficient (Wildman–Crippen LogP) is 1.78. The molecule has 4 unspecified atom stereocenters. The van der Waals surface area contributed by atoms with Gasteiger partial charge in [0.15, 0.2) is 0 Å². The Hall–Kier alpha value is -1.72. The number of nitrogens with zero attached hydrogens (tertiary/aromatic N) is 3. The van der Waals surface area contributed by atoms with Crippen LogP contribution in [0.15, 0.2) is 9.98 Å². The molecule has 0 bridgehead atoms. The Kier molecular flexibility index (Phi) is 4.78. The number of carbonyl (C=O) groups is 2. The molecule has 0 aromatic rings. The molecule has 1 N–H and O–H groups in total. The molecule has 23 heavy (non-hydrogen) atoms. The zero-order valence-electron chi connectivity index (χ0n) is 13.6. The van der Waals surface area contributed by atoms with Gasteiger partial charge in [0, 0.05) is 19.0 Å². The lowest BCUT2D eigenvalue weighted by atomic mass is 9.82. The van der Waals surface area contributed by atoms with E-state index in [2.05, 4.69) is 11.8 Å². The van der Waals surface area contributed by atoms with Crippen LogP contribution >= 0.6 is 0 Å². The maximum absolute atomic E-state index is 11.2. The molecular formula is C17H25N3O3. The van der Waals surface area contributed by atoms with Crippen LogP contribution < -0.4 is 0 Å². The van der Waals surface area contributed by atoms with Gasteiger partial charge in [0.2, 0.25) is 0 Å². The highest BCUT2D eigenvalue weighted by atomic mass is 16.4. The number of carboxylic acid groups (broad SMARTS) is 1. The maximum atomic E-state index is 11.2. The Balaban J connectivity index is 1.85.